The number of fused-ring (bicyclic) bond motifs is 4. The lowest BCUT2D eigenvalue weighted by molar-refractivity contribution is -0.352. The summed E-state index contributed by atoms with van der Waals surface area (Å²) in [7, 11) is 0. The van der Waals surface area contributed by atoms with Crippen LogP contribution in [0.5, 0.6) is 0 Å². The lowest BCUT2D eigenvalue weighted by Gasteiger charge is -2.65. The second-order valence-electron chi connectivity index (χ2n) is 11.8. The molecule has 0 spiro atoms. The number of aliphatic hydroxyl groups excluding tert-OH is 3. The van der Waals surface area contributed by atoms with Crippen molar-refractivity contribution in [2.75, 3.05) is 6.61 Å². The molecular weight excluding hydrogens is 488 g/mol. The van der Waals surface area contributed by atoms with Crippen LogP contribution >= 0.6 is 0 Å². The highest BCUT2D eigenvalue weighted by Crippen LogP contribution is 2.68. The van der Waals surface area contributed by atoms with Gasteiger partial charge in [-0.1, -0.05) is 6.92 Å². The first-order valence-corrected chi connectivity index (χ1v) is 12.6. The first-order valence-electron chi connectivity index (χ1n) is 12.6. The van der Waals surface area contributed by atoms with Crippen LogP contribution in [0.15, 0.2) is 11.1 Å². The van der Waals surface area contributed by atoms with Gasteiger partial charge in [0.1, 0.15) is 24.4 Å². The Morgan fingerprint density at radius 1 is 1.00 bits per heavy atom. The van der Waals surface area contributed by atoms with E-state index in [0.717, 1.165) is 0 Å². The van der Waals surface area contributed by atoms with Crippen molar-refractivity contribution in [2.24, 2.45) is 16.7 Å². The number of carbonyl (C=O) groups excluding carboxylic acids is 3. The Labute approximate surface area is 215 Å². The van der Waals surface area contributed by atoms with Crippen LogP contribution in [0.4, 0.5) is 0 Å². The molecule has 4 rings (SSSR count). The first-order chi connectivity index (χ1) is 16.9. The first kappa shape index (κ1) is 28.0. The van der Waals surface area contributed by atoms with Crippen molar-refractivity contribution in [1.29, 1.82) is 0 Å². The SMILES string of the molecule is CC(=O)O[C@H]1[C@H](O)C2=C(C)[C@@H](O)C[C@@]2(C(C)(C)O)[C@@H](OC(C)=O)[C@@H]2[C@]3(OC(C)=O)CO[C@@H]3C[C@H](O)[C@]21C. The summed E-state index contributed by atoms with van der Waals surface area (Å²) >= 11 is 0. The molecule has 0 aromatic heterocycles. The Hall–Kier alpha value is -2.05. The largest absolute Gasteiger partial charge is 0.461 e. The van der Waals surface area contributed by atoms with E-state index < -0.39 is 82.5 Å². The summed E-state index contributed by atoms with van der Waals surface area (Å²) in [6.07, 6.45) is -7.63. The van der Waals surface area contributed by atoms with E-state index in [4.69, 9.17) is 18.9 Å². The zero-order chi connectivity index (χ0) is 27.9. The summed E-state index contributed by atoms with van der Waals surface area (Å²) in [4.78, 5) is 37.4. The Kier molecular flexibility index (Phi) is 6.61. The molecule has 0 unspecified atom stereocenters. The third kappa shape index (κ3) is 3.69. The maximum absolute atomic E-state index is 12.6. The van der Waals surface area contributed by atoms with Crippen molar-refractivity contribution >= 4 is 17.9 Å². The Morgan fingerprint density at radius 2 is 1.57 bits per heavy atom. The van der Waals surface area contributed by atoms with E-state index in [2.05, 4.69) is 0 Å². The third-order valence-corrected chi connectivity index (χ3v) is 9.32. The molecular formula is C26H38O11. The van der Waals surface area contributed by atoms with Gasteiger partial charge in [0.25, 0.3) is 0 Å². The smallest absolute Gasteiger partial charge is 0.303 e. The minimum Gasteiger partial charge on any atom is -0.461 e. The molecule has 1 aliphatic heterocycles. The van der Waals surface area contributed by atoms with Gasteiger partial charge in [-0.3, -0.25) is 14.4 Å². The zero-order valence-electron chi connectivity index (χ0n) is 22.3. The van der Waals surface area contributed by atoms with Gasteiger partial charge in [-0.15, -0.1) is 0 Å². The molecule has 11 heteroatoms. The van der Waals surface area contributed by atoms with Gasteiger partial charge in [0.2, 0.25) is 0 Å². The number of hydrogen-bond acceptors (Lipinski definition) is 11. The molecule has 1 heterocycles. The van der Waals surface area contributed by atoms with Crippen molar-refractivity contribution in [2.45, 2.75) is 109 Å². The van der Waals surface area contributed by atoms with Crippen LogP contribution in [0.3, 0.4) is 0 Å². The van der Waals surface area contributed by atoms with Crippen LogP contribution in [-0.4, -0.2) is 92.8 Å². The minimum absolute atomic E-state index is 0.00622. The maximum atomic E-state index is 12.6. The molecule has 0 aromatic carbocycles. The number of carbonyl (C=O) groups is 3. The van der Waals surface area contributed by atoms with E-state index >= 15 is 0 Å². The number of aliphatic hydroxyl groups is 4. The molecule has 0 bridgehead atoms. The summed E-state index contributed by atoms with van der Waals surface area (Å²) in [6.45, 7) is 9.64. The topological polar surface area (TPSA) is 169 Å². The second kappa shape index (κ2) is 8.74. The summed E-state index contributed by atoms with van der Waals surface area (Å²) in [5, 5.41) is 46.3. The van der Waals surface area contributed by atoms with Crippen LogP contribution in [0.2, 0.25) is 0 Å². The van der Waals surface area contributed by atoms with Crippen molar-refractivity contribution in [1.82, 2.24) is 0 Å². The molecule has 0 aromatic rings. The molecule has 0 amide bonds. The lowest BCUT2D eigenvalue weighted by atomic mass is 9.49. The highest BCUT2D eigenvalue weighted by molar-refractivity contribution is 5.68. The molecule has 2 saturated carbocycles. The third-order valence-electron chi connectivity index (χ3n) is 9.32. The van der Waals surface area contributed by atoms with Gasteiger partial charge in [-0.2, -0.15) is 0 Å². The average molecular weight is 527 g/mol. The molecule has 0 radical (unpaired) electrons. The highest BCUT2D eigenvalue weighted by atomic mass is 16.6. The van der Waals surface area contributed by atoms with Crippen LogP contribution < -0.4 is 0 Å². The number of esters is 3. The minimum atomic E-state index is -1.71. The Bertz CT molecular complexity index is 1030. The van der Waals surface area contributed by atoms with E-state index in [1.807, 2.05) is 0 Å². The molecule has 3 aliphatic carbocycles. The summed E-state index contributed by atoms with van der Waals surface area (Å²) in [6, 6.07) is 0. The van der Waals surface area contributed by atoms with E-state index in [0.29, 0.717) is 5.57 Å². The summed E-state index contributed by atoms with van der Waals surface area (Å²) in [5.41, 5.74) is -5.79. The predicted molar refractivity (Wildman–Crippen MR) is 126 cm³/mol. The van der Waals surface area contributed by atoms with Gasteiger partial charge >= 0.3 is 17.9 Å². The molecule has 3 fully saturated rings. The van der Waals surface area contributed by atoms with E-state index in [-0.39, 0.29) is 25.0 Å². The second-order valence-corrected chi connectivity index (χ2v) is 11.8. The fourth-order valence-corrected chi connectivity index (χ4v) is 7.78. The van der Waals surface area contributed by atoms with Crippen LogP contribution in [0.1, 0.15) is 61.3 Å². The Balaban J connectivity index is 2.14. The van der Waals surface area contributed by atoms with Gasteiger partial charge in [0.05, 0.1) is 35.7 Å². The molecule has 4 N–H and O–H groups in total. The van der Waals surface area contributed by atoms with Crippen molar-refractivity contribution in [3.05, 3.63) is 11.1 Å². The standard InChI is InChI=1S/C26H38O11/c1-11-15(30)9-25(23(5,6)33)18(11)19(32)21(35-12(2)27)24(7)16(31)8-17-26(10-34-17,37-14(4)29)20(24)22(25)36-13(3)28/h15-17,19-22,30-33H,8-10H2,1-7H3/t15-,16-,17+,19+,20-,21-,22-,24+,25-,26-/m0/s1. The van der Waals surface area contributed by atoms with Crippen molar-refractivity contribution < 1.29 is 53.8 Å². The summed E-state index contributed by atoms with van der Waals surface area (Å²) < 4.78 is 23.4. The van der Waals surface area contributed by atoms with Gasteiger partial charge in [-0.05, 0) is 38.3 Å². The number of rotatable bonds is 4. The van der Waals surface area contributed by atoms with Gasteiger partial charge in [0, 0.05) is 32.6 Å². The zero-order valence-corrected chi connectivity index (χ0v) is 22.3. The molecule has 4 aliphatic rings. The highest BCUT2D eigenvalue weighted by Gasteiger charge is 2.79. The predicted octanol–water partition coefficient (Wildman–Crippen LogP) is 0.151. The number of ether oxygens (including phenoxy) is 4. The van der Waals surface area contributed by atoms with E-state index in [9.17, 15) is 34.8 Å². The lowest BCUT2D eigenvalue weighted by Crippen LogP contribution is -2.79. The molecule has 1 saturated heterocycles. The van der Waals surface area contributed by atoms with Gasteiger partial charge < -0.3 is 39.4 Å². The molecule has 11 nitrogen and oxygen atoms in total. The maximum Gasteiger partial charge on any atom is 0.303 e. The van der Waals surface area contributed by atoms with Gasteiger partial charge in [-0.25, -0.2) is 0 Å². The average Bonchev–Trinajstić information content (AvgIpc) is 2.99. The van der Waals surface area contributed by atoms with Crippen molar-refractivity contribution in [3.8, 4) is 0 Å². The van der Waals surface area contributed by atoms with E-state index in [1.54, 1.807) is 13.8 Å². The molecule has 208 valence electrons. The Morgan fingerprint density at radius 3 is 2.03 bits per heavy atom. The van der Waals surface area contributed by atoms with Crippen LogP contribution in [0, 0.1) is 16.7 Å². The monoisotopic (exact) mass is 526 g/mol. The number of hydrogen-bond donors (Lipinski definition) is 4. The van der Waals surface area contributed by atoms with Crippen molar-refractivity contribution in [3.63, 3.8) is 0 Å². The quantitative estimate of drug-likeness (QED) is 0.223. The fourth-order valence-electron chi connectivity index (χ4n) is 7.78. The molecule has 37 heavy (non-hydrogen) atoms. The van der Waals surface area contributed by atoms with Crippen LogP contribution in [-0.2, 0) is 33.3 Å². The fraction of sp³-hybridized carbons (Fsp3) is 0.808. The van der Waals surface area contributed by atoms with E-state index in [1.165, 1.54) is 34.6 Å². The summed E-state index contributed by atoms with van der Waals surface area (Å²) in [5.74, 6) is -3.21. The van der Waals surface area contributed by atoms with Crippen LogP contribution in [0.25, 0.3) is 0 Å². The van der Waals surface area contributed by atoms with Gasteiger partial charge in [0.15, 0.2) is 5.60 Å². The molecule has 10 atom stereocenters. The normalized spacial score (nSPS) is 45.0.